The average molecular weight is 297 g/mol. The fraction of sp³-hybridized carbons (Fsp3) is 0.400. The number of hydrogen-bond acceptors (Lipinski definition) is 5. The summed E-state index contributed by atoms with van der Waals surface area (Å²) in [5.74, 6) is 0. The Bertz CT molecular complexity index is 463. The Labute approximate surface area is 108 Å². The zero-order valence-electron chi connectivity index (χ0n) is 9.63. The summed E-state index contributed by atoms with van der Waals surface area (Å²) in [6, 6.07) is 1.93. The van der Waals surface area contributed by atoms with Crippen molar-refractivity contribution in [1.82, 2.24) is 30.5 Å². The molecule has 2 rings (SSSR count). The van der Waals surface area contributed by atoms with Gasteiger partial charge in [0.25, 0.3) is 0 Å². The molecular weight excluding hydrogens is 284 g/mol. The molecule has 0 spiro atoms. The molecule has 1 atom stereocenters. The highest BCUT2D eigenvalue weighted by atomic mass is 79.9. The Hall–Kier alpha value is -1.34. The number of rotatable bonds is 4. The fourth-order valence-electron chi connectivity index (χ4n) is 1.69. The van der Waals surface area contributed by atoms with Crippen LogP contribution in [0.4, 0.5) is 0 Å². The number of nitrogens with zero attached hydrogens (tertiary/aromatic N) is 5. The zero-order valence-corrected chi connectivity index (χ0v) is 11.2. The lowest BCUT2D eigenvalue weighted by molar-refractivity contribution is 0.564. The van der Waals surface area contributed by atoms with Gasteiger partial charge in [0, 0.05) is 13.2 Å². The van der Waals surface area contributed by atoms with Crippen LogP contribution in [-0.4, -0.2) is 31.7 Å². The molecule has 6 nitrogen and oxygen atoms in total. The van der Waals surface area contributed by atoms with Crippen molar-refractivity contribution in [3.05, 3.63) is 34.3 Å². The van der Waals surface area contributed by atoms with Crippen LogP contribution in [0.25, 0.3) is 0 Å². The van der Waals surface area contributed by atoms with Gasteiger partial charge < -0.3 is 5.32 Å². The molecular formula is C10H13BrN6. The summed E-state index contributed by atoms with van der Waals surface area (Å²) in [7, 11) is 1.87. The molecule has 0 aliphatic heterocycles. The van der Waals surface area contributed by atoms with Gasteiger partial charge >= 0.3 is 0 Å². The Morgan fingerprint density at radius 3 is 2.82 bits per heavy atom. The maximum absolute atomic E-state index is 4.00. The smallest absolute Gasteiger partial charge is 0.153 e. The minimum Gasteiger partial charge on any atom is -0.305 e. The van der Waals surface area contributed by atoms with Gasteiger partial charge in [0.05, 0.1) is 17.9 Å². The van der Waals surface area contributed by atoms with Gasteiger partial charge in [-0.25, -0.2) is 4.68 Å². The molecule has 2 aromatic rings. The van der Waals surface area contributed by atoms with E-state index in [9.17, 15) is 0 Å². The third-order valence-electron chi connectivity index (χ3n) is 2.45. The van der Waals surface area contributed by atoms with Crippen molar-refractivity contribution in [1.29, 1.82) is 0 Å². The predicted molar refractivity (Wildman–Crippen MR) is 66.3 cm³/mol. The summed E-state index contributed by atoms with van der Waals surface area (Å²) < 4.78 is 2.49. The molecule has 0 amide bonds. The first-order valence-corrected chi connectivity index (χ1v) is 6.08. The summed E-state index contributed by atoms with van der Waals surface area (Å²) >= 11 is 3.41. The van der Waals surface area contributed by atoms with E-state index in [1.165, 1.54) is 0 Å². The third kappa shape index (κ3) is 2.50. The van der Waals surface area contributed by atoms with Crippen LogP contribution in [-0.2, 0) is 7.05 Å². The van der Waals surface area contributed by atoms with E-state index in [2.05, 4.69) is 48.7 Å². The van der Waals surface area contributed by atoms with Gasteiger partial charge in [-0.1, -0.05) is 12.1 Å². The molecule has 0 saturated heterocycles. The monoisotopic (exact) mass is 296 g/mol. The summed E-state index contributed by atoms with van der Waals surface area (Å²) in [4.78, 5) is 0. The molecule has 2 aromatic heterocycles. The van der Waals surface area contributed by atoms with Gasteiger partial charge in [-0.3, -0.25) is 0 Å². The molecule has 17 heavy (non-hydrogen) atoms. The predicted octanol–water partition coefficient (Wildman–Crippen LogP) is 1.07. The van der Waals surface area contributed by atoms with Gasteiger partial charge in [0.2, 0.25) is 0 Å². The normalized spacial score (nSPS) is 12.6. The summed E-state index contributed by atoms with van der Waals surface area (Å²) in [5.41, 5.74) is 2.01. The molecule has 0 saturated carbocycles. The SMILES string of the molecule is CCNC(c1ccnnc1)c1c(Br)nnn1C. The van der Waals surface area contributed by atoms with Crippen molar-refractivity contribution in [2.45, 2.75) is 13.0 Å². The molecule has 0 aromatic carbocycles. The van der Waals surface area contributed by atoms with E-state index in [-0.39, 0.29) is 6.04 Å². The maximum Gasteiger partial charge on any atom is 0.153 e. The summed E-state index contributed by atoms with van der Waals surface area (Å²) in [5, 5.41) is 19.1. The Balaban J connectivity index is 2.43. The number of aryl methyl sites for hydroxylation is 1. The third-order valence-corrected chi connectivity index (χ3v) is 3.01. The highest BCUT2D eigenvalue weighted by molar-refractivity contribution is 9.10. The van der Waals surface area contributed by atoms with Crippen molar-refractivity contribution in [2.75, 3.05) is 6.54 Å². The highest BCUT2D eigenvalue weighted by Gasteiger charge is 2.21. The average Bonchev–Trinajstić information content (AvgIpc) is 2.68. The summed E-state index contributed by atoms with van der Waals surface area (Å²) in [6.07, 6.45) is 3.42. The van der Waals surface area contributed by atoms with Crippen LogP contribution in [0.1, 0.15) is 24.2 Å². The molecule has 90 valence electrons. The molecule has 7 heteroatoms. The van der Waals surface area contributed by atoms with Crippen LogP contribution < -0.4 is 5.32 Å². The number of hydrogen-bond donors (Lipinski definition) is 1. The molecule has 0 aliphatic carbocycles. The second-order valence-electron chi connectivity index (χ2n) is 3.56. The van der Waals surface area contributed by atoms with Crippen molar-refractivity contribution in [3.63, 3.8) is 0 Å². The van der Waals surface area contributed by atoms with Crippen molar-refractivity contribution >= 4 is 15.9 Å². The van der Waals surface area contributed by atoms with Crippen LogP contribution >= 0.6 is 15.9 Å². The number of halogens is 1. The van der Waals surface area contributed by atoms with Crippen LogP contribution in [0.5, 0.6) is 0 Å². The van der Waals surface area contributed by atoms with Crippen LogP contribution in [0.3, 0.4) is 0 Å². The molecule has 0 fully saturated rings. The highest BCUT2D eigenvalue weighted by Crippen LogP contribution is 2.25. The van der Waals surface area contributed by atoms with Gasteiger partial charge in [0.15, 0.2) is 4.60 Å². The largest absolute Gasteiger partial charge is 0.305 e. The van der Waals surface area contributed by atoms with Gasteiger partial charge in [-0.05, 0) is 34.1 Å². The molecule has 1 N–H and O–H groups in total. The Morgan fingerprint density at radius 1 is 1.47 bits per heavy atom. The topological polar surface area (TPSA) is 68.5 Å². The van der Waals surface area contributed by atoms with E-state index < -0.39 is 0 Å². The van der Waals surface area contributed by atoms with E-state index in [1.807, 2.05) is 13.1 Å². The second-order valence-corrected chi connectivity index (χ2v) is 4.31. The zero-order chi connectivity index (χ0) is 12.3. The first-order chi connectivity index (χ1) is 8.24. The molecule has 0 radical (unpaired) electrons. The Morgan fingerprint density at radius 2 is 2.29 bits per heavy atom. The lowest BCUT2D eigenvalue weighted by atomic mass is 10.1. The Kier molecular flexibility index (Phi) is 3.80. The quantitative estimate of drug-likeness (QED) is 0.914. The van der Waals surface area contributed by atoms with E-state index in [0.29, 0.717) is 0 Å². The second kappa shape index (κ2) is 5.33. The van der Waals surface area contributed by atoms with Crippen LogP contribution in [0, 0.1) is 0 Å². The van der Waals surface area contributed by atoms with E-state index in [4.69, 9.17) is 0 Å². The van der Waals surface area contributed by atoms with E-state index in [0.717, 1.165) is 22.4 Å². The maximum atomic E-state index is 4.00. The fourth-order valence-corrected chi connectivity index (χ4v) is 2.25. The van der Waals surface area contributed by atoms with Crippen molar-refractivity contribution in [3.8, 4) is 0 Å². The molecule has 1 unspecified atom stereocenters. The lowest BCUT2D eigenvalue weighted by Gasteiger charge is -2.17. The number of aromatic nitrogens is 5. The standard InChI is InChI=1S/C10H13BrN6/c1-3-12-8(7-4-5-13-14-6-7)9-10(11)15-16-17(9)2/h4-6,8,12H,3H2,1-2H3. The van der Waals surface area contributed by atoms with Crippen LogP contribution in [0.2, 0.25) is 0 Å². The van der Waals surface area contributed by atoms with E-state index in [1.54, 1.807) is 17.1 Å². The molecule has 0 bridgehead atoms. The molecule has 0 aliphatic rings. The lowest BCUT2D eigenvalue weighted by Crippen LogP contribution is -2.24. The van der Waals surface area contributed by atoms with Crippen molar-refractivity contribution < 1.29 is 0 Å². The first-order valence-electron chi connectivity index (χ1n) is 5.29. The van der Waals surface area contributed by atoms with Gasteiger partial charge in [0.1, 0.15) is 0 Å². The number of nitrogens with one attached hydrogen (secondary N) is 1. The van der Waals surface area contributed by atoms with E-state index >= 15 is 0 Å². The van der Waals surface area contributed by atoms with Gasteiger partial charge in [-0.2, -0.15) is 10.2 Å². The molecule has 2 heterocycles. The minimum absolute atomic E-state index is 0.00451. The van der Waals surface area contributed by atoms with Gasteiger partial charge in [-0.15, -0.1) is 5.10 Å². The van der Waals surface area contributed by atoms with Crippen LogP contribution in [0.15, 0.2) is 23.1 Å². The summed E-state index contributed by atoms with van der Waals surface area (Å²) in [6.45, 7) is 2.89. The first kappa shape index (κ1) is 12.1. The minimum atomic E-state index is 0.00451. The van der Waals surface area contributed by atoms with Crippen molar-refractivity contribution in [2.24, 2.45) is 7.05 Å².